The maximum Gasteiger partial charge on any atom is 0.345 e. The number of alkyl halides is 2. The smallest absolute Gasteiger partial charge is 0.345 e. The van der Waals surface area contributed by atoms with Gasteiger partial charge >= 0.3 is 5.63 Å². The second-order valence-corrected chi connectivity index (χ2v) is 4.94. The van der Waals surface area contributed by atoms with Gasteiger partial charge in [0.1, 0.15) is 16.9 Å². The molecule has 1 aromatic heterocycles. The molecule has 0 bridgehead atoms. The van der Waals surface area contributed by atoms with Crippen LogP contribution in [0.2, 0.25) is 0 Å². The predicted octanol–water partition coefficient (Wildman–Crippen LogP) is 4.80. The molecule has 0 saturated heterocycles. The molecule has 0 fully saturated rings. The Labute approximate surface area is 131 Å². The zero-order valence-corrected chi connectivity index (χ0v) is 12.4. The summed E-state index contributed by atoms with van der Waals surface area (Å²) in [4.78, 5) is 12.1. The molecule has 0 spiro atoms. The lowest BCUT2D eigenvalue weighted by molar-refractivity contribution is 0.147. The summed E-state index contributed by atoms with van der Waals surface area (Å²) < 4.78 is 37.3. The van der Waals surface area contributed by atoms with Gasteiger partial charge in [0.25, 0.3) is 6.43 Å². The largest absolute Gasteiger partial charge is 0.494 e. The Morgan fingerprint density at radius 2 is 1.87 bits per heavy atom. The summed E-state index contributed by atoms with van der Waals surface area (Å²) in [7, 11) is 0. The Morgan fingerprint density at radius 1 is 1.13 bits per heavy atom. The van der Waals surface area contributed by atoms with Crippen molar-refractivity contribution in [3.8, 4) is 16.9 Å². The number of ether oxygens (including phenoxy) is 1. The fourth-order valence-corrected chi connectivity index (χ4v) is 2.57. The third-order valence-electron chi connectivity index (χ3n) is 3.51. The van der Waals surface area contributed by atoms with Gasteiger partial charge in [-0.1, -0.05) is 30.3 Å². The second-order valence-electron chi connectivity index (χ2n) is 4.94. The number of rotatable bonds is 4. The molecule has 0 amide bonds. The van der Waals surface area contributed by atoms with Gasteiger partial charge in [0, 0.05) is 17.0 Å². The van der Waals surface area contributed by atoms with Gasteiger partial charge in [-0.15, -0.1) is 0 Å². The normalized spacial score (nSPS) is 11.1. The van der Waals surface area contributed by atoms with E-state index in [0.29, 0.717) is 23.3 Å². The van der Waals surface area contributed by atoms with E-state index in [1.54, 1.807) is 48.5 Å². The van der Waals surface area contributed by atoms with Crippen LogP contribution in [0.3, 0.4) is 0 Å². The first-order valence-electron chi connectivity index (χ1n) is 7.19. The summed E-state index contributed by atoms with van der Waals surface area (Å²) >= 11 is 0. The lowest BCUT2D eigenvalue weighted by atomic mass is 9.97. The molecule has 5 heteroatoms. The van der Waals surface area contributed by atoms with E-state index in [1.807, 2.05) is 6.92 Å². The van der Waals surface area contributed by atoms with E-state index in [9.17, 15) is 13.6 Å². The van der Waals surface area contributed by atoms with E-state index < -0.39 is 17.6 Å². The third-order valence-corrected chi connectivity index (χ3v) is 3.51. The Bertz CT molecular complexity index is 886. The molecule has 0 aliphatic carbocycles. The van der Waals surface area contributed by atoms with Crippen LogP contribution in [0, 0.1) is 0 Å². The van der Waals surface area contributed by atoms with Crippen LogP contribution in [0.5, 0.6) is 5.75 Å². The molecule has 3 rings (SSSR count). The molecule has 2 aromatic carbocycles. The molecule has 0 aliphatic heterocycles. The van der Waals surface area contributed by atoms with E-state index >= 15 is 0 Å². The first kappa shape index (κ1) is 15.2. The first-order chi connectivity index (χ1) is 11.1. The quantitative estimate of drug-likeness (QED) is 0.649. The van der Waals surface area contributed by atoms with Crippen LogP contribution >= 0.6 is 0 Å². The number of hydrogen-bond donors (Lipinski definition) is 0. The molecule has 1 heterocycles. The summed E-state index contributed by atoms with van der Waals surface area (Å²) in [5.41, 5.74) is -0.670. The minimum Gasteiger partial charge on any atom is -0.494 e. The maximum absolute atomic E-state index is 13.4. The number of fused-ring (bicyclic) bond motifs is 1. The molecule has 0 atom stereocenters. The van der Waals surface area contributed by atoms with Crippen molar-refractivity contribution in [1.82, 2.24) is 0 Å². The Morgan fingerprint density at radius 3 is 2.52 bits per heavy atom. The van der Waals surface area contributed by atoms with Gasteiger partial charge in [0.15, 0.2) is 0 Å². The average Bonchev–Trinajstić information content (AvgIpc) is 2.54. The Balaban J connectivity index is 2.37. The summed E-state index contributed by atoms with van der Waals surface area (Å²) in [6, 6.07) is 13.5. The minimum atomic E-state index is -2.92. The lowest BCUT2D eigenvalue weighted by Crippen LogP contribution is -2.10. The zero-order chi connectivity index (χ0) is 16.4. The molecule has 0 unspecified atom stereocenters. The van der Waals surface area contributed by atoms with E-state index in [-0.39, 0.29) is 11.1 Å². The van der Waals surface area contributed by atoms with Gasteiger partial charge in [-0.25, -0.2) is 13.6 Å². The van der Waals surface area contributed by atoms with Crippen molar-refractivity contribution in [2.45, 2.75) is 13.3 Å². The van der Waals surface area contributed by atoms with E-state index in [1.165, 1.54) is 0 Å². The Kier molecular flexibility index (Phi) is 4.10. The van der Waals surface area contributed by atoms with Crippen molar-refractivity contribution in [1.29, 1.82) is 0 Å². The van der Waals surface area contributed by atoms with Crippen LogP contribution in [0.4, 0.5) is 8.78 Å². The molecule has 0 saturated carbocycles. The summed E-state index contributed by atoms with van der Waals surface area (Å²) in [6.07, 6.45) is -2.92. The van der Waals surface area contributed by atoms with Crippen LogP contribution in [0.15, 0.2) is 57.7 Å². The van der Waals surface area contributed by atoms with Crippen LogP contribution in [0.1, 0.15) is 18.9 Å². The van der Waals surface area contributed by atoms with Crippen molar-refractivity contribution in [3.63, 3.8) is 0 Å². The van der Waals surface area contributed by atoms with Gasteiger partial charge in [-0.3, -0.25) is 0 Å². The van der Waals surface area contributed by atoms with E-state index in [4.69, 9.17) is 9.15 Å². The molecule has 3 nitrogen and oxygen atoms in total. The molecule has 0 N–H and O–H groups in total. The van der Waals surface area contributed by atoms with Crippen molar-refractivity contribution >= 4 is 11.0 Å². The highest BCUT2D eigenvalue weighted by molar-refractivity contribution is 5.95. The van der Waals surface area contributed by atoms with Gasteiger partial charge in [0.05, 0.1) is 6.61 Å². The monoisotopic (exact) mass is 316 g/mol. The van der Waals surface area contributed by atoms with Crippen molar-refractivity contribution < 1.29 is 17.9 Å². The van der Waals surface area contributed by atoms with Crippen molar-refractivity contribution in [3.05, 3.63) is 64.5 Å². The standard InChI is InChI=1S/C18H14F2O3/c1-2-22-12-8-9-13-14(10-12)23-18(21)16(17(19)20)15(13)11-6-4-3-5-7-11/h3-10,17H,2H2,1H3. The van der Waals surface area contributed by atoms with Crippen LogP contribution in [-0.2, 0) is 0 Å². The highest BCUT2D eigenvalue weighted by Gasteiger charge is 2.23. The molecule has 0 aliphatic rings. The van der Waals surface area contributed by atoms with Gasteiger partial charge in [0.2, 0.25) is 0 Å². The molecular weight excluding hydrogens is 302 g/mol. The van der Waals surface area contributed by atoms with Crippen LogP contribution in [-0.4, -0.2) is 6.61 Å². The summed E-state index contributed by atoms with van der Waals surface area (Å²) in [5, 5.41) is 0.453. The predicted molar refractivity (Wildman–Crippen MR) is 84.0 cm³/mol. The fraction of sp³-hybridized carbons (Fsp3) is 0.167. The van der Waals surface area contributed by atoms with E-state index in [0.717, 1.165) is 0 Å². The fourth-order valence-electron chi connectivity index (χ4n) is 2.57. The maximum atomic E-state index is 13.4. The third kappa shape index (κ3) is 2.82. The molecule has 0 radical (unpaired) electrons. The topological polar surface area (TPSA) is 39.4 Å². The molecule has 23 heavy (non-hydrogen) atoms. The summed E-state index contributed by atoms with van der Waals surface area (Å²) in [6.45, 7) is 2.28. The van der Waals surface area contributed by atoms with E-state index in [2.05, 4.69) is 0 Å². The highest BCUT2D eigenvalue weighted by atomic mass is 19.3. The number of hydrogen-bond acceptors (Lipinski definition) is 3. The van der Waals surface area contributed by atoms with Crippen molar-refractivity contribution in [2.75, 3.05) is 6.61 Å². The lowest BCUT2D eigenvalue weighted by Gasteiger charge is -2.12. The van der Waals surface area contributed by atoms with Gasteiger partial charge in [-0.05, 0) is 24.6 Å². The average molecular weight is 316 g/mol. The summed E-state index contributed by atoms with van der Waals surface area (Å²) in [5.74, 6) is 0.520. The minimum absolute atomic E-state index is 0.204. The van der Waals surface area contributed by atoms with Gasteiger partial charge in [-0.2, -0.15) is 0 Å². The molecular formula is C18H14F2O3. The Hall–Kier alpha value is -2.69. The first-order valence-corrected chi connectivity index (χ1v) is 7.19. The van der Waals surface area contributed by atoms with Gasteiger partial charge < -0.3 is 9.15 Å². The zero-order valence-electron chi connectivity index (χ0n) is 12.4. The molecule has 3 aromatic rings. The van der Waals surface area contributed by atoms with Crippen LogP contribution < -0.4 is 10.4 Å². The number of halogens is 2. The molecule has 118 valence electrons. The second kappa shape index (κ2) is 6.20. The van der Waals surface area contributed by atoms with Crippen molar-refractivity contribution in [2.24, 2.45) is 0 Å². The highest BCUT2D eigenvalue weighted by Crippen LogP contribution is 2.36. The van der Waals surface area contributed by atoms with Crippen LogP contribution in [0.25, 0.3) is 22.1 Å². The number of benzene rings is 2. The SMILES string of the molecule is CCOc1ccc2c(-c3ccccc3)c(C(F)F)c(=O)oc2c1.